The number of carbonyl (C=O) groups excluding carboxylic acids is 2. The molecule has 19 heavy (non-hydrogen) atoms. The second-order valence-electron chi connectivity index (χ2n) is 4.78. The molecule has 0 aromatic heterocycles. The maximum Gasteiger partial charge on any atom is 0.312 e. The lowest BCUT2D eigenvalue weighted by Gasteiger charge is -2.29. The van der Waals surface area contributed by atoms with Crippen LogP contribution < -0.4 is 5.73 Å². The van der Waals surface area contributed by atoms with Gasteiger partial charge in [-0.25, -0.2) is 0 Å². The summed E-state index contributed by atoms with van der Waals surface area (Å²) in [4.78, 5) is 23.1. The minimum atomic E-state index is -0.641. The molecule has 0 saturated heterocycles. The Balaban J connectivity index is 4.38. The second kappa shape index (κ2) is 8.84. The van der Waals surface area contributed by atoms with Crippen LogP contribution in [0.1, 0.15) is 33.6 Å². The predicted octanol–water partition coefficient (Wildman–Crippen LogP) is 1.10. The molecule has 0 heterocycles. The number of esters is 2. The molecule has 0 radical (unpaired) electrons. The molecule has 2 N–H and O–H groups in total. The van der Waals surface area contributed by atoms with Gasteiger partial charge in [-0.3, -0.25) is 9.59 Å². The van der Waals surface area contributed by atoms with E-state index >= 15 is 0 Å². The van der Waals surface area contributed by atoms with Crippen LogP contribution in [0.3, 0.4) is 0 Å². The fourth-order valence-corrected chi connectivity index (χ4v) is 3.02. The van der Waals surface area contributed by atoms with Crippen molar-refractivity contribution in [1.29, 1.82) is 0 Å². The van der Waals surface area contributed by atoms with E-state index in [4.69, 9.17) is 15.2 Å². The lowest BCUT2D eigenvalue weighted by atomic mass is 9.91. The topological polar surface area (TPSA) is 78.6 Å². The smallest absolute Gasteiger partial charge is 0.312 e. The van der Waals surface area contributed by atoms with Crippen LogP contribution in [0.4, 0.5) is 0 Å². The quantitative estimate of drug-likeness (QED) is 0.536. The van der Waals surface area contributed by atoms with Gasteiger partial charge in [-0.1, -0.05) is 0 Å². The van der Waals surface area contributed by atoms with Crippen molar-refractivity contribution in [2.75, 3.05) is 13.2 Å². The highest BCUT2D eigenvalue weighted by Crippen LogP contribution is 2.24. The van der Waals surface area contributed by atoms with Gasteiger partial charge < -0.3 is 15.2 Å². The third-order valence-electron chi connectivity index (χ3n) is 2.55. The van der Waals surface area contributed by atoms with Gasteiger partial charge in [-0.05, 0) is 33.6 Å². The highest BCUT2D eigenvalue weighted by atomic mass is 31.0. The van der Waals surface area contributed by atoms with Crippen molar-refractivity contribution in [1.82, 2.24) is 0 Å². The summed E-state index contributed by atoms with van der Waals surface area (Å²) in [7, 11) is 4.88. The Kier molecular flexibility index (Phi) is 8.73. The van der Waals surface area contributed by atoms with Gasteiger partial charge >= 0.3 is 11.9 Å². The van der Waals surface area contributed by atoms with Crippen molar-refractivity contribution in [2.45, 2.75) is 50.5 Å². The van der Waals surface area contributed by atoms with Gasteiger partial charge in [0.1, 0.15) is 0 Å². The van der Waals surface area contributed by atoms with E-state index in [1.807, 2.05) is 6.92 Å². The van der Waals surface area contributed by atoms with Crippen LogP contribution >= 0.6 is 18.5 Å². The van der Waals surface area contributed by atoms with Gasteiger partial charge in [0.15, 0.2) is 0 Å². The Labute approximate surface area is 119 Å². The average molecular weight is 309 g/mol. The van der Waals surface area contributed by atoms with Crippen molar-refractivity contribution in [3.63, 3.8) is 0 Å². The Morgan fingerprint density at radius 3 is 1.63 bits per heavy atom. The van der Waals surface area contributed by atoms with Gasteiger partial charge in [0, 0.05) is 5.54 Å². The van der Waals surface area contributed by atoms with Crippen molar-refractivity contribution in [2.24, 2.45) is 5.73 Å². The van der Waals surface area contributed by atoms with Crippen LogP contribution in [-0.2, 0) is 19.1 Å². The first-order valence-corrected chi connectivity index (χ1v) is 7.70. The molecule has 0 aromatic carbocycles. The van der Waals surface area contributed by atoms with Crippen molar-refractivity contribution in [3.8, 4) is 0 Å². The van der Waals surface area contributed by atoms with Crippen LogP contribution in [0.2, 0.25) is 0 Å². The number of ether oxygens (including phenoxy) is 2. The molecule has 0 amide bonds. The maximum atomic E-state index is 11.5. The summed E-state index contributed by atoms with van der Waals surface area (Å²) in [5, 5.41) is 0. The average Bonchev–Trinajstić information content (AvgIpc) is 2.28. The Hall–Kier alpha value is -0.240. The minimum absolute atomic E-state index is 0.291. The summed E-state index contributed by atoms with van der Waals surface area (Å²) >= 11 is 0. The summed E-state index contributed by atoms with van der Waals surface area (Å²) in [5.74, 6) is -0.582. The van der Waals surface area contributed by atoms with Gasteiger partial charge in [-0.15, -0.1) is 18.5 Å². The zero-order valence-electron chi connectivity index (χ0n) is 11.8. The molecule has 0 saturated carbocycles. The number of nitrogens with two attached hydrogens (primary N) is 1. The van der Waals surface area contributed by atoms with E-state index in [2.05, 4.69) is 18.5 Å². The molecule has 0 fully saturated rings. The molecule has 0 rings (SSSR count). The molecular weight excluding hydrogens is 284 g/mol. The highest BCUT2D eigenvalue weighted by molar-refractivity contribution is 7.19. The maximum absolute atomic E-state index is 11.5. The summed E-state index contributed by atoms with van der Waals surface area (Å²) in [6, 6.07) is 0. The normalized spacial score (nSPS) is 17.2. The molecule has 0 aliphatic rings. The molecule has 7 heteroatoms. The molecule has 4 atom stereocenters. The minimum Gasteiger partial charge on any atom is -0.466 e. The monoisotopic (exact) mass is 309 g/mol. The molecule has 4 unspecified atom stereocenters. The molecule has 0 spiro atoms. The van der Waals surface area contributed by atoms with E-state index in [1.165, 1.54) is 0 Å². The first-order chi connectivity index (χ1) is 8.73. The lowest BCUT2D eigenvalue weighted by Crippen LogP contribution is -2.44. The van der Waals surface area contributed by atoms with E-state index in [0.29, 0.717) is 26.1 Å². The largest absolute Gasteiger partial charge is 0.466 e. The molecule has 0 aromatic rings. The summed E-state index contributed by atoms with van der Waals surface area (Å²) in [6.07, 6.45) is 0.863. The molecule has 0 aliphatic heterocycles. The van der Waals surface area contributed by atoms with Crippen LogP contribution in [0, 0.1) is 0 Å². The SMILES string of the molecule is CCOC(=O)C(P)CC(C)(N)CC(P)C(=O)OCC. The third kappa shape index (κ3) is 7.81. The summed E-state index contributed by atoms with van der Waals surface area (Å²) in [5.41, 5.74) is 4.77. The van der Waals surface area contributed by atoms with E-state index in [9.17, 15) is 9.59 Å². The van der Waals surface area contributed by atoms with Gasteiger partial charge in [0.25, 0.3) is 0 Å². The first-order valence-electron chi connectivity index (χ1n) is 6.36. The van der Waals surface area contributed by atoms with Crippen molar-refractivity contribution in [3.05, 3.63) is 0 Å². The van der Waals surface area contributed by atoms with Crippen LogP contribution in [0.15, 0.2) is 0 Å². The predicted molar refractivity (Wildman–Crippen MR) is 82.1 cm³/mol. The number of carbonyl (C=O) groups is 2. The standard InChI is InChI=1S/C12H25NO4P2/c1-4-16-10(14)8(18)6-12(3,13)7-9(19)11(15)17-5-2/h8-9H,4-7,13,18-19H2,1-3H3. The summed E-state index contributed by atoms with van der Waals surface area (Å²) in [6.45, 7) is 6.03. The fraction of sp³-hybridized carbons (Fsp3) is 0.833. The molecular formula is C12H25NO4P2. The number of rotatable bonds is 8. The Bertz CT molecular complexity index is 282. The van der Waals surface area contributed by atoms with Gasteiger partial charge in [0.2, 0.25) is 0 Å². The van der Waals surface area contributed by atoms with E-state index in [-0.39, 0.29) is 23.3 Å². The Morgan fingerprint density at radius 2 is 1.37 bits per heavy atom. The van der Waals surface area contributed by atoms with Crippen LogP contribution in [0.25, 0.3) is 0 Å². The Morgan fingerprint density at radius 1 is 1.05 bits per heavy atom. The molecule has 0 aliphatic carbocycles. The van der Waals surface area contributed by atoms with Crippen LogP contribution in [-0.4, -0.2) is 42.0 Å². The lowest BCUT2D eigenvalue weighted by molar-refractivity contribution is -0.143. The number of hydrogen-bond acceptors (Lipinski definition) is 5. The zero-order valence-corrected chi connectivity index (χ0v) is 14.2. The molecule has 5 nitrogen and oxygen atoms in total. The fourth-order valence-electron chi connectivity index (χ4n) is 1.75. The van der Waals surface area contributed by atoms with E-state index in [1.54, 1.807) is 13.8 Å². The van der Waals surface area contributed by atoms with Crippen molar-refractivity contribution >= 4 is 30.4 Å². The zero-order chi connectivity index (χ0) is 15.1. The summed E-state index contributed by atoms with van der Waals surface area (Å²) < 4.78 is 9.86. The second-order valence-corrected chi connectivity index (χ2v) is 6.39. The van der Waals surface area contributed by atoms with E-state index < -0.39 is 5.54 Å². The number of hydrogen-bond donors (Lipinski definition) is 1. The van der Waals surface area contributed by atoms with Crippen molar-refractivity contribution < 1.29 is 19.1 Å². The highest BCUT2D eigenvalue weighted by Gasteiger charge is 2.30. The van der Waals surface area contributed by atoms with Gasteiger partial charge in [0.05, 0.1) is 24.5 Å². The first kappa shape index (κ1) is 18.8. The van der Waals surface area contributed by atoms with Crippen LogP contribution in [0.5, 0.6) is 0 Å². The molecule has 112 valence electrons. The third-order valence-corrected chi connectivity index (χ3v) is 3.57. The van der Waals surface area contributed by atoms with E-state index in [0.717, 1.165) is 0 Å². The van der Waals surface area contributed by atoms with Gasteiger partial charge in [-0.2, -0.15) is 0 Å². The molecule has 0 bridgehead atoms.